The van der Waals surface area contributed by atoms with Crippen molar-refractivity contribution in [2.75, 3.05) is 18.5 Å². The Hall–Kier alpha value is -2.34. The maximum absolute atomic E-state index is 8.70. The number of anilines is 1. The SMILES string of the molecule is N#CC(C#N)=CNc1ccc(C2CCC3(CC2)OCCO3)cc1. The van der Waals surface area contributed by atoms with E-state index in [-0.39, 0.29) is 11.4 Å². The molecule has 1 saturated heterocycles. The number of benzene rings is 1. The molecular weight excluding hydrogens is 290 g/mol. The van der Waals surface area contributed by atoms with Crippen LogP contribution in [0.1, 0.15) is 37.2 Å². The van der Waals surface area contributed by atoms with Crippen molar-refractivity contribution in [2.24, 2.45) is 0 Å². The van der Waals surface area contributed by atoms with Gasteiger partial charge in [-0.3, -0.25) is 0 Å². The lowest BCUT2D eigenvalue weighted by Gasteiger charge is -2.35. The second-order valence-corrected chi connectivity index (χ2v) is 5.93. The minimum absolute atomic E-state index is 0.0585. The summed E-state index contributed by atoms with van der Waals surface area (Å²) < 4.78 is 11.5. The van der Waals surface area contributed by atoms with E-state index < -0.39 is 0 Å². The van der Waals surface area contributed by atoms with E-state index in [1.807, 2.05) is 24.3 Å². The lowest BCUT2D eigenvalue weighted by Crippen LogP contribution is -2.34. The molecule has 2 fully saturated rings. The van der Waals surface area contributed by atoms with E-state index in [1.54, 1.807) is 0 Å². The van der Waals surface area contributed by atoms with Crippen molar-refractivity contribution in [3.05, 3.63) is 41.6 Å². The van der Waals surface area contributed by atoms with Gasteiger partial charge in [0.25, 0.3) is 0 Å². The van der Waals surface area contributed by atoms with Gasteiger partial charge in [-0.2, -0.15) is 10.5 Å². The molecule has 1 heterocycles. The third kappa shape index (κ3) is 3.53. The molecule has 118 valence electrons. The Morgan fingerprint density at radius 3 is 2.26 bits per heavy atom. The molecule has 0 radical (unpaired) electrons. The quantitative estimate of drug-likeness (QED) is 0.865. The van der Waals surface area contributed by atoms with Crippen molar-refractivity contribution in [1.29, 1.82) is 10.5 Å². The summed E-state index contributed by atoms with van der Waals surface area (Å²) in [6.07, 6.45) is 5.47. The summed E-state index contributed by atoms with van der Waals surface area (Å²) in [7, 11) is 0. The number of nitrogens with one attached hydrogen (secondary N) is 1. The number of ether oxygens (including phenoxy) is 2. The van der Waals surface area contributed by atoms with Gasteiger partial charge in [-0.25, -0.2) is 0 Å². The molecule has 2 aliphatic rings. The fourth-order valence-electron chi connectivity index (χ4n) is 3.27. The van der Waals surface area contributed by atoms with Crippen LogP contribution in [0.5, 0.6) is 0 Å². The number of hydrogen-bond acceptors (Lipinski definition) is 5. The first-order chi connectivity index (χ1) is 11.2. The first-order valence-electron chi connectivity index (χ1n) is 7.89. The maximum Gasteiger partial charge on any atom is 0.168 e. The van der Waals surface area contributed by atoms with Gasteiger partial charge in [-0.05, 0) is 36.5 Å². The molecule has 0 amide bonds. The first-order valence-corrected chi connectivity index (χ1v) is 7.89. The largest absolute Gasteiger partial charge is 0.360 e. The van der Waals surface area contributed by atoms with E-state index in [0.717, 1.165) is 31.4 Å². The van der Waals surface area contributed by atoms with Gasteiger partial charge in [0.1, 0.15) is 17.7 Å². The van der Waals surface area contributed by atoms with Crippen molar-refractivity contribution in [3.8, 4) is 12.1 Å². The molecule has 0 atom stereocenters. The van der Waals surface area contributed by atoms with Gasteiger partial charge >= 0.3 is 0 Å². The third-order valence-electron chi connectivity index (χ3n) is 4.57. The van der Waals surface area contributed by atoms with E-state index >= 15 is 0 Å². The number of hydrogen-bond donors (Lipinski definition) is 1. The van der Waals surface area contributed by atoms with Crippen LogP contribution in [0.15, 0.2) is 36.0 Å². The van der Waals surface area contributed by atoms with Crippen LogP contribution in [0.25, 0.3) is 0 Å². The molecule has 1 aromatic rings. The number of rotatable bonds is 3. The molecule has 1 saturated carbocycles. The fraction of sp³-hybridized carbons (Fsp3) is 0.444. The van der Waals surface area contributed by atoms with E-state index in [9.17, 15) is 0 Å². The molecule has 0 unspecified atom stereocenters. The molecule has 1 aliphatic heterocycles. The molecule has 1 spiro atoms. The van der Waals surface area contributed by atoms with Crippen LogP contribution in [0.4, 0.5) is 5.69 Å². The normalized spacial score (nSPS) is 19.7. The standard InChI is InChI=1S/C18H19N3O2/c19-11-14(12-20)13-21-17-3-1-15(2-4-17)16-5-7-18(8-6-16)22-9-10-23-18/h1-4,13,16,21H,5-10H2. The zero-order chi connectivity index (χ0) is 16.1. The lowest BCUT2D eigenvalue weighted by atomic mass is 9.81. The van der Waals surface area contributed by atoms with Crippen LogP contribution in [0.3, 0.4) is 0 Å². The molecule has 3 rings (SSSR count). The van der Waals surface area contributed by atoms with Gasteiger partial charge in [-0.15, -0.1) is 0 Å². The molecule has 0 bridgehead atoms. The highest BCUT2D eigenvalue weighted by molar-refractivity contribution is 5.50. The maximum atomic E-state index is 8.70. The summed E-state index contributed by atoms with van der Waals surface area (Å²) in [5.74, 6) is 0.222. The van der Waals surface area contributed by atoms with Crippen LogP contribution >= 0.6 is 0 Å². The van der Waals surface area contributed by atoms with Gasteiger partial charge < -0.3 is 14.8 Å². The zero-order valence-electron chi connectivity index (χ0n) is 12.9. The number of allylic oxidation sites excluding steroid dienone is 1. The van der Waals surface area contributed by atoms with Gasteiger partial charge in [0.05, 0.1) is 13.2 Å². The molecule has 1 aliphatic carbocycles. The smallest absolute Gasteiger partial charge is 0.168 e. The minimum Gasteiger partial charge on any atom is -0.360 e. The summed E-state index contributed by atoms with van der Waals surface area (Å²) in [6.45, 7) is 1.43. The fourth-order valence-corrected chi connectivity index (χ4v) is 3.27. The van der Waals surface area contributed by atoms with Crippen molar-refractivity contribution < 1.29 is 9.47 Å². The van der Waals surface area contributed by atoms with E-state index in [2.05, 4.69) is 17.4 Å². The molecule has 1 N–H and O–H groups in total. The molecule has 23 heavy (non-hydrogen) atoms. The highest BCUT2D eigenvalue weighted by Gasteiger charge is 2.40. The highest BCUT2D eigenvalue weighted by Crippen LogP contribution is 2.42. The Bertz CT molecular complexity index is 635. The third-order valence-corrected chi connectivity index (χ3v) is 4.57. The highest BCUT2D eigenvalue weighted by atomic mass is 16.7. The lowest BCUT2D eigenvalue weighted by molar-refractivity contribution is -0.178. The average Bonchev–Trinajstić information content (AvgIpc) is 3.05. The Morgan fingerprint density at radius 1 is 1.09 bits per heavy atom. The Morgan fingerprint density at radius 2 is 1.70 bits per heavy atom. The zero-order valence-corrected chi connectivity index (χ0v) is 12.9. The summed E-state index contributed by atoms with van der Waals surface area (Å²) >= 11 is 0. The topological polar surface area (TPSA) is 78.1 Å². The predicted octanol–water partition coefficient (Wildman–Crippen LogP) is 3.43. The van der Waals surface area contributed by atoms with Crippen molar-refractivity contribution >= 4 is 5.69 Å². The van der Waals surface area contributed by atoms with Crippen LogP contribution in [-0.2, 0) is 9.47 Å². The predicted molar refractivity (Wildman–Crippen MR) is 85.2 cm³/mol. The summed E-state index contributed by atoms with van der Waals surface area (Å²) in [5, 5.41) is 20.4. The Labute approximate surface area is 136 Å². The van der Waals surface area contributed by atoms with Crippen molar-refractivity contribution in [3.63, 3.8) is 0 Å². The second kappa shape index (κ2) is 6.83. The Balaban J connectivity index is 1.59. The average molecular weight is 309 g/mol. The van der Waals surface area contributed by atoms with Gasteiger partial charge in [0.15, 0.2) is 5.79 Å². The molecule has 1 aromatic carbocycles. The van der Waals surface area contributed by atoms with Gasteiger partial charge in [0.2, 0.25) is 0 Å². The van der Waals surface area contributed by atoms with E-state index in [4.69, 9.17) is 20.0 Å². The van der Waals surface area contributed by atoms with E-state index in [0.29, 0.717) is 19.1 Å². The molecular formula is C18H19N3O2. The van der Waals surface area contributed by atoms with Gasteiger partial charge in [0, 0.05) is 24.7 Å². The molecule has 5 heteroatoms. The van der Waals surface area contributed by atoms with Crippen LogP contribution in [0.2, 0.25) is 0 Å². The minimum atomic E-state index is -0.312. The second-order valence-electron chi connectivity index (χ2n) is 5.93. The van der Waals surface area contributed by atoms with Crippen LogP contribution in [0, 0.1) is 22.7 Å². The van der Waals surface area contributed by atoms with Gasteiger partial charge in [-0.1, -0.05) is 12.1 Å². The Kier molecular flexibility index (Phi) is 4.62. The molecule has 0 aromatic heterocycles. The monoisotopic (exact) mass is 309 g/mol. The first kappa shape index (κ1) is 15.6. The number of nitrogens with zero attached hydrogens (tertiary/aromatic N) is 2. The van der Waals surface area contributed by atoms with Crippen molar-refractivity contribution in [1.82, 2.24) is 0 Å². The van der Waals surface area contributed by atoms with Crippen molar-refractivity contribution in [2.45, 2.75) is 37.4 Å². The summed E-state index contributed by atoms with van der Waals surface area (Å²) in [6, 6.07) is 11.8. The molecule has 5 nitrogen and oxygen atoms in total. The van der Waals surface area contributed by atoms with Crippen LogP contribution in [-0.4, -0.2) is 19.0 Å². The van der Waals surface area contributed by atoms with Crippen LogP contribution < -0.4 is 5.32 Å². The van der Waals surface area contributed by atoms with E-state index in [1.165, 1.54) is 11.8 Å². The summed E-state index contributed by atoms with van der Waals surface area (Å²) in [5.41, 5.74) is 2.24. The number of nitriles is 2. The summed E-state index contributed by atoms with van der Waals surface area (Å²) in [4.78, 5) is 0.